The summed E-state index contributed by atoms with van der Waals surface area (Å²) in [7, 11) is 0. The highest BCUT2D eigenvalue weighted by atomic mass is 16.6. The molecule has 0 radical (unpaired) electrons. The number of allylic oxidation sites excluding steroid dienone is 5. The lowest BCUT2D eigenvalue weighted by molar-refractivity contribution is -0.424. The first kappa shape index (κ1) is 18.4. The second kappa shape index (κ2) is 10.2. The van der Waals surface area contributed by atoms with Crippen LogP contribution in [0.5, 0.6) is 0 Å². The highest BCUT2D eigenvalue weighted by Gasteiger charge is 2.15. The normalized spacial score (nSPS) is 13.4. The number of nitrogens with zero attached hydrogens (tertiary/aromatic N) is 1. The van der Waals surface area contributed by atoms with Crippen molar-refractivity contribution in [2.24, 2.45) is 0 Å². The van der Waals surface area contributed by atoms with Gasteiger partial charge in [0.15, 0.2) is 0 Å². The minimum Gasteiger partial charge on any atom is -0.476 e. The van der Waals surface area contributed by atoms with Gasteiger partial charge in [-0.2, -0.15) is 0 Å². The fourth-order valence-electron chi connectivity index (χ4n) is 1.14. The van der Waals surface area contributed by atoms with Crippen molar-refractivity contribution < 1.29 is 24.3 Å². The molecule has 0 rings (SSSR count). The third-order valence-corrected chi connectivity index (χ3v) is 2.12. The van der Waals surface area contributed by atoms with Crippen LogP contribution < -0.4 is 0 Å². The molecule has 0 saturated heterocycles. The zero-order chi connectivity index (χ0) is 16.3. The summed E-state index contributed by atoms with van der Waals surface area (Å²) in [4.78, 5) is 21.2. The SMILES string of the molecule is CCOC(=O)/C(C)=C/C=C/C=C/C(=C(\O)OCC)[N+](=O)[O-]. The molecule has 21 heavy (non-hydrogen) atoms. The van der Waals surface area contributed by atoms with E-state index in [0.717, 1.165) is 6.08 Å². The number of hydrogen-bond acceptors (Lipinski definition) is 6. The second-order valence-corrected chi connectivity index (χ2v) is 3.69. The lowest BCUT2D eigenvalue weighted by Crippen LogP contribution is -2.04. The number of nitro groups is 1. The van der Waals surface area contributed by atoms with Gasteiger partial charge in [-0.05, 0) is 20.8 Å². The molecule has 0 aliphatic heterocycles. The van der Waals surface area contributed by atoms with Gasteiger partial charge in [-0.3, -0.25) is 10.1 Å². The lowest BCUT2D eigenvalue weighted by atomic mass is 10.2. The van der Waals surface area contributed by atoms with E-state index >= 15 is 0 Å². The van der Waals surface area contributed by atoms with Gasteiger partial charge >= 0.3 is 17.6 Å². The summed E-state index contributed by atoms with van der Waals surface area (Å²) < 4.78 is 9.45. The Morgan fingerprint density at radius 3 is 2.33 bits per heavy atom. The van der Waals surface area contributed by atoms with Gasteiger partial charge in [0.25, 0.3) is 0 Å². The van der Waals surface area contributed by atoms with Crippen LogP contribution in [0.15, 0.2) is 47.6 Å². The molecule has 7 nitrogen and oxygen atoms in total. The summed E-state index contributed by atoms with van der Waals surface area (Å²) >= 11 is 0. The van der Waals surface area contributed by atoms with E-state index in [4.69, 9.17) is 4.74 Å². The number of carbonyl (C=O) groups is 1. The zero-order valence-electron chi connectivity index (χ0n) is 12.2. The summed E-state index contributed by atoms with van der Waals surface area (Å²) in [6.07, 6.45) is 6.96. The average Bonchev–Trinajstić information content (AvgIpc) is 2.42. The Morgan fingerprint density at radius 2 is 1.81 bits per heavy atom. The first-order valence-corrected chi connectivity index (χ1v) is 6.33. The van der Waals surface area contributed by atoms with E-state index in [1.54, 1.807) is 20.8 Å². The van der Waals surface area contributed by atoms with Crippen LogP contribution in [0.4, 0.5) is 0 Å². The molecule has 0 aromatic rings. The topological polar surface area (TPSA) is 98.9 Å². The molecule has 0 aromatic carbocycles. The van der Waals surface area contributed by atoms with E-state index in [1.165, 1.54) is 24.3 Å². The smallest absolute Gasteiger partial charge is 0.358 e. The fraction of sp³-hybridized carbons (Fsp3) is 0.357. The van der Waals surface area contributed by atoms with Gasteiger partial charge in [-0.25, -0.2) is 4.79 Å². The number of aliphatic hydroxyl groups excluding tert-OH is 1. The summed E-state index contributed by atoms with van der Waals surface area (Å²) in [6, 6.07) is 0. The van der Waals surface area contributed by atoms with E-state index in [0.29, 0.717) is 12.2 Å². The van der Waals surface area contributed by atoms with Gasteiger partial charge in [0, 0.05) is 11.6 Å². The van der Waals surface area contributed by atoms with Crippen molar-refractivity contribution in [1.82, 2.24) is 0 Å². The van der Waals surface area contributed by atoms with Gasteiger partial charge < -0.3 is 14.6 Å². The van der Waals surface area contributed by atoms with Crippen LogP contribution in [0.25, 0.3) is 0 Å². The van der Waals surface area contributed by atoms with Gasteiger partial charge in [-0.1, -0.05) is 24.3 Å². The van der Waals surface area contributed by atoms with Crippen molar-refractivity contribution in [2.45, 2.75) is 20.8 Å². The summed E-state index contributed by atoms with van der Waals surface area (Å²) in [5.41, 5.74) is -0.142. The molecule has 0 saturated carbocycles. The van der Waals surface area contributed by atoms with Crippen molar-refractivity contribution in [3.8, 4) is 0 Å². The van der Waals surface area contributed by atoms with Gasteiger partial charge in [0.1, 0.15) is 0 Å². The molecule has 116 valence electrons. The number of hydrogen-bond donors (Lipinski definition) is 1. The number of aliphatic hydroxyl groups is 1. The third-order valence-electron chi connectivity index (χ3n) is 2.12. The van der Waals surface area contributed by atoms with Crippen LogP contribution in [0.3, 0.4) is 0 Å². The summed E-state index contributed by atoms with van der Waals surface area (Å²) in [5.74, 6) is -1.17. The zero-order valence-corrected chi connectivity index (χ0v) is 12.2. The molecule has 0 unspecified atom stereocenters. The Morgan fingerprint density at radius 1 is 1.19 bits per heavy atom. The van der Waals surface area contributed by atoms with Gasteiger partial charge in [0.05, 0.1) is 18.1 Å². The molecule has 0 aliphatic carbocycles. The van der Waals surface area contributed by atoms with Crippen LogP contribution in [-0.2, 0) is 14.3 Å². The molecular weight excluding hydrogens is 278 g/mol. The van der Waals surface area contributed by atoms with Crippen molar-refractivity contribution in [3.05, 3.63) is 57.7 Å². The fourth-order valence-corrected chi connectivity index (χ4v) is 1.14. The quantitative estimate of drug-likeness (QED) is 0.185. The average molecular weight is 297 g/mol. The predicted molar refractivity (Wildman–Crippen MR) is 76.9 cm³/mol. The minimum absolute atomic E-state index is 0.119. The third kappa shape index (κ3) is 7.56. The monoisotopic (exact) mass is 297 g/mol. The summed E-state index contributed by atoms with van der Waals surface area (Å²) in [5, 5.41) is 20.0. The van der Waals surface area contributed by atoms with Crippen LogP contribution in [0, 0.1) is 10.1 Å². The highest BCUT2D eigenvalue weighted by molar-refractivity contribution is 5.88. The Labute approximate surface area is 123 Å². The number of ether oxygens (including phenoxy) is 2. The molecule has 7 heteroatoms. The molecule has 0 spiro atoms. The largest absolute Gasteiger partial charge is 0.476 e. The minimum atomic E-state index is -0.755. The van der Waals surface area contributed by atoms with Crippen molar-refractivity contribution in [1.29, 1.82) is 0 Å². The Kier molecular flexibility index (Phi) is 8.99. The van der Waals surface area contributed by atoms with Crippen LogP contribution in [0.2, 0.25) is 0 Å². The molecule has 0 amide bonds. The molecule has 1 N–H and O–H groups in total. The Balaban J connectivity index is 4.78. The van der Waals surface area contributed by atoms with Crippen molar-refractivity contribution >= 4 is 5.97 Å². The van der Waals surface area contributed by atoms with Crippen molar-refractivity contribution in [3.63, 3.8) is 0 Å². The maximum absolute atomic E-state index is 11.3. The Bertz CT molecular complexity index is 488. The van der Waals surface area contributed by atoms with Crippen LogP contribution in [-0.4, -0.2) is 29.2 Å². The lowest BCUT2D eigenvalue weighted by Gasteiger charge is -1.99. The molecule has 0 aromatic heterocycles. The van der Waals surface area contributed by atoms with E-state index in [-0.39, 0.29) is 6.61 Å². The first-order chi connectivity index (χ1) is 9.93. The van der Waals surface area contributed by atoms with E-state index in [1.807, 2.05) is 0 Å². The van der Waals surface area contributed by atoms with E-state index < -0.39 is 22.5 Å². The number of rotatable bonds is 8. The van der Waals surface area contributed by atoms with Crippen LogP contribution >= 0.6 is 0 Å². The summed E-state index contributed by atoms with van der Waals surface area (Å²) in [6.45, 7) is 5.31. The first-order valence-electron chi connectivity index (χ1n) is 6.33. The van der Waals surface area contributed by atoms with E-state index in [9.17, 15) is 20.0 Å². The second-order valence-electron chi connectivity index (χ2n) is 3.69. The van der Waals surface area contributed by atoms with Crippen molar-refractivity contribution in [2.75, 3.05) is 13.2 Å². The molecule has 0 atom stereocenters. The molecule has 0 aliphatic rings. The predicted octanol–water partition coefficient (Wildman–Crippen LogP) is 2.65. The molecular formula is C14H19NO6. The number of esters is 1. The maximum atomic E-state index is 11.3. The van der Waals surface area contributed by atoms with Gasteiger partial charge in [-0.15, -0.1) is 0 Å². The Hall–Kier alpha value is -2.57. The highest BCUT2D eigenvalue weighted by Crippen LogP contribution is 2.06. The maximum Gasteiger partial charge on any atom is 0.358 e. The molecule has 0 fully saturated rings. The van der Waals surface area contributed by atoms with Gasteiger partial charge in [0.2, 0.25) is 0 Å². The van der Waals surface area contributed by atoms with E-state index in [2.05, 4.69) is 4.74 Å². The van der Waals surface area contributed by atoms with Crippen LogP contribution in [0.1, 0.15) is 20.8 Å². The molecule has 0 heterocycles. The number of carbonyl (C=O) groups excluding carboxylic acids is 1. The molecule has 0 bridgehead atoms. The standard InChI is InChI=1S/C14H19NO6/c1-4-20-13(16)11(3)9-7-6-8-10-12(15(18)19)14(17)21-5-2/h6-10,17H,4-5H2,1-3H3/b7-6+,10-8+,11-9+,14-12-.